The molecule has 0 aromatic carbocycles. The van der Waals surface area contributed by atoms with E-state index in [-0.39, 0.29) is 5.57 Å². The maximum atomic E-state index is 10.4. The molecule has 5 nitrogen and oxygen atoms in total. The fourth-order valence-corrected chi connectivity index (χ4v) is 1.09. The van der Waals surface area contributed by atoms with Crippen LogP contribution in [0, 0.1) is 0 Å². The molecule has 1 fully saturated rings. The summed E-state index contributed by atoms with van der Waals surface area (Å²) in [5.41, 5.74) is 0.228. The zero-order valence-corrected chi connectivity index (χ0v) is 9.31. The van der Waals surface area contributed by atoms with Crippen LogP contribution in [0.5, 0.6) is 0 Å². The van der Waals surface area contributed by atoms with Gasteiger partial charge < -0.3 is 19.3 Å². The highest BCUT2D eigenvalue weighted by Gasteiger charge is 2.21. The molecule has 1 aliphatic heterocycles. The van der Waals surface area contributed by atoms with Gasteiger partial charge in [-0.3, -0.25) is 0 Å². The van der Waals surface area contributed by atoms with E-state index in [1.807, 2.05) is 0 Å². The molecule has 1 aliphatic rings. The summed E-state index contributed by atoms with van der Waals surface area (Å²) < 4.78 is 15.5. The Kier molecular flexibility index (Phi) is 6.07. The average Bonchev–Trinajstić information content (AvgIpc) is 3.05. The summed E-state index contributed by atoms with van der Waals surface area (Å²) in [6, 6.07) is 0. The highest BCUT2D eigenvalue weighted by atomic mass is 16.6. The lowest BCUT2D eigenvalue weighted by atomic mass is 10.2. The summed E-state index contributed by atoms with van der Waals surface area (Å²) in [5, 5.41) is 8.54. The molecular formula is C11H18O5. The van der Waals surface area contributed by atoms with Gasteiger partial charge in [0, 0.05) is 12.2 Å². The van der Waals surface area contributed by atoms with E-state index in [1.54, 1.807) is 0 Å². The maximum absolute atomic E-state index is 10.4. The highest BCUT2D eigenvalue weighted by Crippen LogP contribution is 2.08. The highest BCUT2D eigenvalue weighted by molar-refractivity contribution is 5.85. The van der Waals surface area contributed by atoms with Crippen molar-refractivity contribution in [2.24, 2.45) is 0 Å². The Labute approximate surface area is 95.0 Å². The molecule has 0 radical (unpaired) electrons. The Morgan fingerprint density at radius 3 is 2.69 bits per heavy atom. The first kappa shape index (κ1) is 13.2. The molecule has 0 aromatic heterocycles. The van der Waals surface area contributed by atoms with Crippen molar-refractivity contribution in [3.63, 3.8) is 0 Å². The number of carboxylic acid groups (broad SMARTS) is 1. The Bertz CT molecular complexity index is 235. The summed E-state index contributed by atoms with van der Waals surface area (Å²) in [7, 11) is 0. The Morgan fingerprint density at radius 1 is 1.38 bits per heavy atom. The molecule has 92 valence electrons. The third kappa shape index (κ3) is 6.55. The first-order valence-corrected chi connectivity index (χ1v) is 5.38. The summed E-state index contributed by atoms with van der Waals surface area (Å²) in [6.07, 6.45) is 1.43. The van der Waals surface area contributed by atoms with Gasteiger partial charge in [0.1, 0.15) is 6.10 Å². The third-order valence-electron chi connectivity index (χ3n) is 2.15. The lowest BCUT2D eigenvalue weighted by Crippen LogP contribution is -2.09. The minimum absolute atomic E-state index is 0.228. The molecule has 16 heavy (non-hydrogen) atoms. The molecule has 1 rings (SSSR count). The van der Waals surface area contributed by atoms with Crippen molar-refractivity contribution >= 4 is 5.97 Å². The van der Waals surface area contributed by atoms with Crippen LogP contribution < -0.4 is 0 Å². The van der Waals surface area contributed by atoms with E-state index in [0.29, 0.717) is 45.4 Å². The van der Waals surface area contributed by atoms with Gasteiger partial charge in [-0.2, -0.15) is 0 Å². The van der Waals surface area contributed by atoms with Crippen molar-refractivity contribution in [2.45, 2.75) is 18.9 Å². The van der Waals surface area contributed by atoms with E-state index in [9.17, 15) is 4.79 Å². The van der Waals surface area contributed by atoms with Gasteiger partial charge in [-0.15, -0.1) is 0 Å². The molecule has 1 saturated heterocycles. The van der Waals surface area contributed by atoms with Crippen molar-refractivity contribution in [2.75, 3.05) is 33.0 Å². The van der Waals surface area contributed by atoms with E-state index < -0.39 is 5.97 Å². The number of aliphatic carboxylic acids is 1. The Hall–Kier alpha value is -0.910. The summed E-state index contributed by atoms with van der Waals surface area (Å²) in [6.45, 7) is 6.50. The van der Waals surface area contributed by atoms with Crippen LogP contribution in [0.3, 0.4) is 0 Å². The first-order chi connectivity index (χ1) is 7.70. The van der Waals surface area contributed by atoms with Crippen LogP contribution in [0.25, 0.3) is 0 Å². The van der Waals surface area contributed by atoms with Crippen LogP contribution in [0.2, 0.25) is 0 Å². The third-order valence-corrected chi connectivity index (χ3v) is 2.15. The van der Waals surface area contributed by atoms with Gasteiger partial charge in [0.25, 0.3) is 0 Å². The van der Waals surface area contributed by atoms with Crippen LogP contribution in [-0.4, -0.2) is 50.2 Å². The van der Waals surface area contributed by atoms with Gasteiger partial charge in [-0.05, 0) is 12.8 Å². The Balaban J connectivity index is 1.76. The molecule has 0 amide bonds. The normalized spacial score (nSPS) is 18.4. The first-order valence-electron chi connectivity index (χ1n) is 5.38. The molecule has 1 atom stereocenters. The van der Waals surface area contributed by atoms with Crippen LogP contribution in [-0.2, 0) is 19.0 Å². The second-order valence-corrected chi connectivity index (χ2v) is 3.65. The van der Waals surface area contributed by atoms with Crippen molar-refractivity contribution < 1.29 is 24.1 Å². The fourth-order valence-electron chi connectivity index (χ4n) is 1.09. The van der Waals surface area contributed by atoms with Crippen molar-refractivity contribution in [3.8, 4) is 0 Å². The van der Waals surface area contributed by atoms with Crippen molar-refractivity contribution in [1.29, 1.82) is 0 Å². The number of carbonyl (C=O) groups is 1. The zero-order valence-electron chi connectivity index (χ0n) is 9.31. The van der Waals surface area contributed by atoms with E-state index in [4.69, 9.17) is 19.3 Å². The molecule has 0 saturated carbocycles. The smallest absolute Gasteiger partial charge is 0.330 e. The SMILES string of the molecule is C=C(CCCOCCOCC1CO1)C(=O)O. The standard InChI is InChI=1S/C11H18O5/c1-9(11(12)13)3-2-4-14-5-6-15-7-10-8-16-10/h10H,1-8H2,(H,12,13). The molecule has 0 spiro atoms. The maximum Gasteiger partial charge on any atom is 0.330 e. The van der Waals surface area contributed by atoms with Crippen molar-refractivity contribution in [1.82, 2.24) is 0 Å². The van der Waals surface area contributed by atoms with Gasteiger partial charge in [0.2, 0.25) is 0 Å². The summed E-state index contributed by atoms with van der Waals surface area (Å²) in [4.78, 5) is 10.4. The lowest BCUT2D eigenvalue weighted by Gasteiger charge is -2.04. The lowest BCUT2D eigenvalue weighted by molar-refractivity contribution is -0.132. The molecule has 1 N–H and O–H groups in total. The van der Waals surface area contributed by atoms with Gasteiger partial charge in [-0.1, -0.05) is 6.58 Å². The van der Waals surface area contributed by atoms with Crippen molar-refractivity contribution in [3.05, 3.63) is 12.2 Å². The minimum Gasteiger partial charge on any atom is -0.478 e. The fraction of sp³-hybridized carbons (Fsp3) is 0.727. The topological polar surface area (TPSA) is 68.3 Å². The number of epoxide rings is 1. The zero-order chi connectivity index (χ0) is 11.8. The molecule has 0 bridgehead atoms. The van der Waals surface area contributed by atoms with E-state index in [0.717, 1.165) is 6.61 Å². The average molecular weight is 230 g/mol. The number of hydrogen-bond donors (Lipinski definition) is 1. The van der Waals surface area contributed by atoms with Gasteiger partial charge in [-0.25, -0.2) is 4.79 Å². The molecule has 5 heteroatoms. The summed E-state index contributed by atoms with van der Waals surface area (Å²) >= 11 is 0. The van der Waals surface area contributed by atoms with Gasteiger partial charge >= 0.3 is 5.97 Å². The van der Waals surface area contributed by atoms with Gasteiger partial charge in [0.05, 0.1) is 26.4 Å². The second kappa shape index (κ2) is 7.38. The number of carboxylic acids is 1. The second-order valence-electron chi connectivity index (χ2n) is 3.65. The number of rotatable bonds is 10. The van der Waals surface area contributed by atoms with Crippen LogP contribution >= 0.6 is 0 Å². The quantitative estimate of drug-likeness (QED) is 0.342. The van der Waals surface area contributed by atoms with Crippen LogP contribution in [0.4, 0.5) is 0 Å². The van der Waals surface area contributed by atoms with Crippen LogP contribution in [0.15, 0.2) is 12.2 Å². The predicted molar refractivity (Wildman–Crippen MR) is 57.4 cm³/mol. The monoisotopic (exact) mass is 230 g/mol. The van der Waals surface area contributed by atoms with E-state index in [1.165, 1.54) is 0 Å². The van der Waals surface area contributed by atoms with Gasteiger partial charge in [0.15, 0.2) is 0 Å². The molecule has 0 aliphatic carbocycles. The number of hydrogen-bond acceptors (Lipinski definition) is 4. The molecule has 0 aromatic rings. The largest absolute Gasteiger partial charge is 0.478 e. The minimum atomic E-state index is -0.937. The predicted octanol–water partition coefficient (Wildman–Crippen LogP) is 0.839. The molecule has 1 unspecified atom stereocenters. The number of ether oxygens (including phenoxy) is 3. The van der Waals surface area contributed by atoms with Crippen LogP contribution in [0.1, 0.15) is 12.8 Å². The van der Waals surface area contributed by atoms with E-state index in [2.05, 4.69) is 6.58 Å². The molecule has 1 heterocycles. The Morgan fingerprint density at radius 2 is 2.06 bits per heavy atom. The van der Waals surface area contributed by atoms with E-state index >= 15 is 0 Å². The molecular weight excluding hydrogens is 212 g/mol. The summed E-state index contributed by atoms with van der Waals surface area (Å²) in [5.74, 6) is -0.937.